The lowest BCUT2D eigenvalue weighted by Gasteiger charge is -2.22. The van der Waals surface area contributed by atoms with Gasteiger partial charge in [0.1, 0.15) is 0 Å². The van der Waals surface area contributed by atoms with Gasteiger partial charge in [0.05, 0.1) is 0 Å². The van der Waals surface area contributed by atoms with Crippen molar-refractivity contribution in [1.29, 1.82) is 0 Å². The molecule has 0 radical (unpaired) electrons. The summed E-state index contributed by atoms with van der Waals surface area (Å²) >= 11 is 1.93. The van der Waals surface area contributed by atoms with Crippen LogP contribution in [0.1, 0.15) is 42.2 Å². The van der Waals surface area contributed by atoms with E-state index in [0.29, 0.717) is 0 Å². The van der Waals surface area contributed by atoms with E-state index in [2.05, 4.69) is 12.3 Å². The average molecular weight is 209 g/mol. The first kappa shape index (κ1) is 10.2. The summed E-state index contributed by atoms with van der Waals surface area (Å²) in [7, 11) is 0. The van der Waals surface area contributed by atoms with Gasteiger partial charge in [0, 0.05) is 11.4 Å². The maximum absolute atomic E-state index is 5.72. The van der Waals surface area contributed by atoms with Crippen molar-refractivity contribution in [2.24, 2.45) is 11.7 Å². The Kier molecular flexibility index (Phi) is 3.24. The molecule has 78 valence electrons. The highest BCUT2D eigenvalue weighted by Crippen LogP contribution is 2.34. The summed E-state index contributed by atoms with van der Waals surface area (Å²) in [5.41, 5.74) is 8.71. The minimum atomic E-state index is 0.726. The summed E-state index contributed by atoms with van der Waals surface area (Å²) in [4.78, 5) is 1.62. The predicted octanol–water partition coefficient (Wildman–Crippen LogP) is 3.11. The van der Waals surface area contributed by atoms with E-state index in [4.69, 9.17) is 5.73 Å². The molecule has 0 aromatic carbocycles. The molecule has 2 N–H and O–H groups in total. The van der Waals surface area contributed by atoms with Gasteiger partial charge in [0.15, 0.2) is 0 Å². The van der Waals surface area contributed by atoms with Gasteiger partial charge in [0.2, 0.25) is 0 Å². The average Bonchev–Trinajstić information content (AvgIpc) is 2.60. The molecule has 0 saturated carbocycles. The van der Waals surface area contributed by atoms with Gasteiger partial charge >= 0.3 is 0 Å². The van der Waals surface area contributed by atoms with Crippen LogP contribution in [0.4, 0.5) is 0 Å². The van der Waals surface area contributed by atoms with Crippen LogP contribution >= 0.6 is 11.3 Å². The van der Waals surface area contributed by atoms with Gasteiger partial charge in [-0.15, -0.1) is 11.3 Å². The first-order valence-corrected chi connectivity index (χ1v) is 6.51. The largest absolute Gasteiger partial charge is 0.326 e. The summed E-state index contributed by atoms with van der Waals surface area (Å²) in [6, 6.07) is 0. The van der Waals surface area contributed by atoms with Crippen LogP contribution in [0.3, 0.4) is 0 Å². The maximum atomic E-state index is 5.72. The second kappa shape index (κ2) is 4.45. The number of hydrogen-bond acceptors (Lipinski definition) is 2. The Bertz CT molecular complexity index is 303. The minimum absolute atomic E-state index is 0.726. The van der Waals surface area contributed by atoms with Crippen molar-refractivity contribution in [3.63, 3.8) is 0 Å². The quantitative estimate of drug-likeness (QED) is 0.813. The molecule has 0 fully saturated rings. The van der Waals surface area contributed by atoms with Crippen LogP contribution in [0.2, 0.25) is 0 Å². The molecule has 0 amide bonds. The monoisotopic (exact) mass is 209 g/mol. The minimum Gasteiger partial charge on any atom is -0.326 e. The molecule has 2 rings (SSSR count). The Labute approximate surface area is 90.3 Å². The zero-order valence-corrected chi connectivity index (χ0v) is 9.70. The summed E-state index contributed by atoms with van der Waals surface area (Å²) in [6.45, 7) is 3.01. The van der Waals surface area contributed by atoms with Crippen molar-refractivity contribution >= 4 is 11.3 Å². The van der Waals surface area contributed by atoms with Crippen LogP contribution in [0, 0.1) is 5.92 Å². The fourth-order valence-electron chi connectivity index (χ4n) is 2.47. The van der Waals surface area contributed by atoms with E-state index < -0.39 is 0 Å². The van der Waals surface area contributed by atoms with E-state index >= 15 is 0 Å². The van der Waals surface area contributed by atoms with E-state index in [1.165, 1.54) is 37.7 Å². The first-order chi connectivity index (χ1) is 6.85. The maximum Gasteiger partial charge on any atom is 0.0189 e. The standard InChI is InChI=1S/C12H19NS/c1-2-3-9-4-5-11-10(7-13)8-14-12(11)6-9/h8-9H,2-7,13H2,1H3. The van der Waals surface area contributed by atoms with Crippen molar-refractivity contribution in [2.75, 3.05) is 0 Å². The number of nitrogens with two attached hydrogens (primary N) is 1. The Hall–Kier alpha value is -0.340. The van der Waals surface area contributed by atoms with Crippen LogP contribution < -0.4 is 5.73 Å². The molecule has 1 nitrogen and oxygen atoms in total. The highest BCUT2D eigenvalue weighted by Gasteiger charge is 2.21. The summed E-state index contributed by atoms with van der Waals surface area (Å²) in [6.07, 6.45) is 6.69. The fraction of sp³-hybridized carbons (Fsp3) is 0.667. The molecule has 0 spiro atoms. The second-order valence-electron chi connectivity index (χ2n) is 4.26. The topological polar surface area (TPSA) is 26.0 Å². The molecule has 0 aliphatic heterocycles. The van der Waals surface area contributed by atoms with E-state index in [-0.39, 0.29) is 0 Å². The van der Waals surface area contributed by atoms with Gasteiger partial charge in [-0.2, -0.15) is 0 Å². The molecule has 1 aliphatic rings. The molecule has 1 atom stereocenters. The van der Waals surface area contributed by atoms with Crippen LogP contribution in [-0.2, 0) is 19.4 Å². The molecular weight excluding hydrogens is 190 g/mol. The smallest absolute Gasteiger partial charge is 0.0189 e. The van der Waals surface area contributed by atoms with Crippen LogP contribution in [0.15, 0.2) is 5.38 Å². The molecule has 1 aromatic rings. The lowest BCUT2D eigenvalue weighted by Crippen LogP contribution is -2.13. The Balaban J connectivity index is 2.12. The predicted molar refractivity (Wildman–Crippen MR) is 62.6 cm³/mol. The van der Waals surface area contributed by atoms with Gasteiger partial charge in [0.25, 0.3) is 0 Å². The van der Waals surface area contributed by atoms with Gasteiger partial charge in [-0.1, -0.05) is 19.8 Å². The van der Waals surface area contributed by atoms with E-state index in [0.717, 1.165) is 12.5 Å². The lowest BCUT2D eigenvalue weighted by atomic mass is 9.85. The lowest BCUT2D eigenvalue weighted by molar-refractivity contribution is 0.426. The van der Waals surface area contributed by atoms with E-state index in [1.807, 2.05) is 11.3 Å². The van der Waals surface area contributed by atoms with Crippen molar-refractivity contribution in [3.05, 3.63) is 21.4 Å². The molecule has 2 heteroatoms. The van der Waals surface area contributed by atoms with Crippen LogP contribution in [0.5, 0.6) is 0 Å². The summed E-state index contributed by atoms with van der Waals surface area (Å²) in [5.74, 6) is 0.941. The van der Waals surface area contributed by atoms with Crippen molar-refractivity contribution in [2.45, 2.75) is 45.6 Å². The normalized spacial score (nSPS) is 20.9. The molecule has 1 aromatic heterocycles. The van der Waals surface area contributed by atoms with Crippen molar-refractivity contribution in [1.82, 2.24) is 0 Å². The van der Waals surface area contributed by atoms with Gasteiger partial charge in [-0.25, -0.2) is 0 Å². The van der Waals surface area contributed by atoms with Crippen molar-refractivity contribution in [3.8, 4) is 0 Å². The number of rotatable bonds is 3. The molecule has 0 saturated heterocycles. The third-order valence-corrected chi connectivity index (χ3v) is 4.36. The highest BCUT2D eigenvalue weighted by molar-refractivity contribution is 7.10. The molecular formula is C12H19NS. The molecule has 14 heavy (non-hydrogen) atoms. The first-order valence-electron chi connectivity index (χ1n) is 5.63. The highest BCUT2D eigenvalue weighted by atomic mass is 32.1. The van der Waals surface area contributed by atoms with Gasteiger partial charge in [-0.3, -0.25) is 0 Å². The molecule has 1 aliphatic carbocycles. The Morgan fingerprint density at radius 3 is 3.14 bits per heavy atom. The summed E-state index contributed by atoms with van der Waals surface area (Å²) < 4.78 is 0. The van der Waals surface area contributed by atoms with Crippen LogP contribution in [0.25, 0.3) is 0 Å². The zero-order valence-electron chi connectivity index (χ0n) is 8.88. The van der Waals surface area contributed by atoms with E-state index in [1.54, 1.807) is 10.4 Å². The van der Waals surface area contributed by atoms with Gasteiger partial charge in [-0.05, 0) is 41.7 Å². The Morgan fingerprint density at radius 1 is 1.57 bits per heavy atom. The van der Waals surface area contributed by atoms with Gasteiger partial charge < -0.3 is 5.73 Å². The Morgan fingerprint density at radius 2 is 2.43 bits per heavy atom. The molecule has 1 unspecified atom stereocenters. The summed E-state index contributed by atoms with van der Waals surface area (Å²) in [5, 5.41) is 2.26. The SMILES string of the molecule is CCCC1CCc2c(CN)csc2C1. The number of fused-ring (bicyclic) bond motifs is 1. The van der Waals surface area contributed by atoms with E-state index in [9.17, 15) is 0 Å². The van der Waals surface area contributed by atoms with Crippen molar-refractivity contribution < 1.29 is 0 Å². The molecule has 0 bridgehead atoms. The number of hydrogen-bond donors (Lipinski definition) is 1. The zero-order chi connectivity index (χ0) is 9.97. The number of thiophene rings is 1. The van der Waals surface area contributed by atoms with Crippen LogP contribution in [-0.4, -0.2) is 0 Å². The fourth-order valence-corrected chi connectivity index (χ4v) is 3.70. The second-order valence-corrected chi connectivity index (χ2v) is 5.23. The molecule has 1 heterocycles. The third kappa shape index (κ3) is 1.86. The third-order valence-electron chi connectivity index (χ3n) is 3.26.